The number of nitrogens with two attached hydrogens (primary N) is 1. The molecule has 1 aromatic rings. The number of rotatable bonds is 7. The van der Waals surface area contributed by atoms with Gasteiger partial charge in [-0.1, -0.05) is 24.7 Å². The van der Waals surface area contributed by atoms with Crippen molar-refractivity contribution in [1.29, 1.82) is 0 Å². The monoisotopic (exact) mass is 243 g/mol. The van der Waals surface area contributed by atoms with Crippen molar-refractivity contribution >= 4 is 11.3 Å². The fourth-order valence-corrected chi connectivity index (χ4v) is 2.82. The van der Waals surface area contributed by atoms with Crippen molar-refractivity contribution < 1.29 is 9.47 Å². The maximum absolute atomic E-state index is 5.64. The van der Waals surface area contributed by atoms with E-state index in [9.17, 15) is 0 Å². The van der Waals surface area contributed by atoms with Crippen LogP contribution >= 0.6 is 11.3 Å². The lowest BCUT2D eigenvalue weighted by Gasteiger charge is -2.06. The van der Waals surface area contributed by atoms with Crippen molar-refractivity contribution in [3.8, 4) is 10.1 Å². The number of thiophene rings is 1. The molecule has 0 aliphatic carbocycles. The Balaban J connectivity index is 3.01. The van der Waals surface area contributed by atoms with Crippen LogP contribution in [0.15, 0.2) is 0 Å². The van der Waals surface area contributed by atoms with Crippen LogP contribution in [0.25, 0.3) is 0 Å². The van der Waals surface area contributed by atoms with Gasteiger partial charge in [-0.15, -0.1) is 0 Å². The third-order valence-electron chi connectivity index (χ3n) is 2.59. The lowest BCUT2D eigenvalue weighted by molar-refractivity contribution is 0.421. The molecular formula is C12H21NO2S. The number of unbranched alkanes of at least 4 members (excludes halogenated alkanes) is 1. The van der Waals surface area contributed by atoms with Gasteiger partial charge in [0.05, 0.1) is 14.2 Å². The Kier molecular flexibility index (Phi) is 5.63. The molecule has 0 atom stereocenters. The van der Waals surface area contributed by atoms with E-state index in [0.29, 0.717) is 6.54 Å². The molecule has 2 N–H and O–H groups in total. The molecule has 0 amide bonds. The first kappa shape index (κ1) is 13.3. The fraction of sp³-hybridized carbons (Fsp3) is 0.667. The molecule has 3 nitrogen and oxygen atoms in total. The summed E-state index contributed by atoms with van der Waals surface area (Å²) in [5, 5.41) is 1.93. The second-order valence-corrected chi connectivity index (χ2v) is 4.63. The second kappa shape index (κ2) is 6.76. The summed E-state index contributed by atoms with van der Waals surface area (Å²) in [5.41, 5.74) is 8.17. The first-order valence-corrected chi connectivity index (χ1v) is 6.52. The molecule has 0 aromatic carbocycles. The van der Waals surface area contributed by atoms with Crippen molar-refractivity contribution in [3.05, 3.63) is 11.1 Å². The highest BCUT2D eigenvalue weighted by molar-refractivity contribution is 7.16. The van der Waals surface area contributed by atoms with Crippen molar-refractivity contribution in [2.24, 2.45) is 5.73 Å². The van der Waals surface area contributed by atoms with Gasteiger partial charge in [-0.2, -0.15) is 0 Å². The van der Waals surface area contributed by atoms with E-state index in [1.165, 1.54) is 24.0 Å². The van der Waals surface area contributed by atoms with Crippen LogP contribution in [-0.2, 0) is 12.8 Å². The van der Waals surface area contributed by atoms with E-state index >= 15 is 0 Å². The normalized spacial score (nSPS) is 10.5. The van der Waals surface area contributed by atoms with Crippen LogP contribution < -0.4 is 15.2 Å². The first-order chi connectivity index (χ1) is 7.78. The molecule has 0 aliphatic rings. The van der Waals surface area contributed by atoms with Crippen LogP contribution in [0.5, 0.6) is 10.1 Å². The number of hydrogen-bond donors (Lipinski definition) is 1. The van der Waals surface area contributed by atoms with Crippen molar-refractivity contribution in [2.45, 2.75) is 32.6 Å². The smallest absolute Gasteiger partial charge is 0.180 e. The zero-order valence-electron chi connectivity index (χ0n) is 10.3. The van der Waals surface area contributed by atoms with E-state index < -0.39 is 0 Å². The van der Waals surface area contributed by atoms with Gasteiger partial charge in [0.2, 0.25) is 0 Å². The van der Waals surface area contributed by atoms with E-state index in [1.807, 2.05) is 0 Å². The summed E-state index contributed by atoms with van der Waals surface area (Å²) < 4.78 is 10.8. The van der Waals surface area contributed by atoms with Gasteiger partial charge in [-0.25, -0.2) is 0 Å². The predicted octanol–water partition coefficient (Wildman–Crippen LogP) is 2.61. The van der Waals surface area contributed by atoms with Crippen LogP contribution in [0.2, 0.25) is 0 Å². The van der Waals surface area contributed by atoms with Gasteiger partial charge >= 0.3 is 0 Å². The molecule has 1 heterocycles. The highest BCUT2D eigenvalue weighted by Crippen LogP contribution is 2.41. The summed E-state index contributed by atoms with van der Waals surface area (Å²) in [5.74, 6) is 0. The Bertz CT molecular complexity index is 323. The maximum atomic E-state index is 5.64. The number of ether oxygens (including phenoxy) is 2. The standard InChI is InChI=1S/C12H21NO2S/c1-4-5-6-9-10(7-8-13)12(15-3)16-11(9)14-2/h4-8,13H2,1-3H3. The molecule has 1 aromatic heterocycles. The van der Waals surface area contributed by atoms with Crippen LogP contribution in [0.4, 0.5) is 0 Å². The average Bonchev–Trinajstić information content (AvgIpc) is 2.64. The molecule has 92 valence electrons. The lowest BCUT2D eigenvalue weighted by atomic mass is 10.0. The van der Waals surface area contributed by atoms with E-state index in [0.717, 1.165) is 23.0 Å². The minimum absolute atomic E-state index is 0.648. The van der Waals surface area contributed by atoms with Gasteiger partial charge in [0.1, 0.15) is 0 Å². The minimum Gasteiger partial charge on any atom is -0.487 e. The molecular weight excluding hydrogens is 222 g/mol. The molecule has 0 spiro atoms. The molecule has 0 bridgehead atoms. The zero-order chi connectivity index (χ0) is 12.0. The highest BCUT2D eigenvalue weighted by Gasteiger charge is 2.18. The van der Waals surface area contributed by atoms with E-state index in [-0.39, 0.29) is 0 Å². The Hall–Kier alpha value is -0.740. The predicted molar refractivity (Wildman–Crippen MR) is 68.8 cm³/mol. The van der Waals surface area contributed by atoms with Crippen LogP contribution in [0.3, 0.4) is 0 Å². The van der Waals surface area contributed by atoms with Crippen LogP contribution in [0, 0.1) is 0 Å². The van der Waals surface area contributed by atoms with Gasteiger partial charge < -0.3 is 15.2 Å². The molecule has 0 fully saturated rings. The summed E-state index contributed by atoms with van der Waals surface area (Å²) in [6, 6.07) is 0. The third kappa shape index (κ3) is 2.89. The lowest BCUT2D eigenvalue weighted by Crippen LogP contribution is -2.05. The van der Waals surface area contributed by atoms with Gasteiger partial charge in [-0.05, 0) is 25.8 Å². The van der Waals surface area contributed by atoms with Gasteiger partial charge in [0.15, 0.2) is 10.1 Å². The highest BCUT2D eigenvalue weighted by atomic mass is 32.1. The number of hydrogen-bond acceptors (Lipinski definition) is 4. The summed E-state index contributed by atoms with van der Waals surface area (Å²) in [6.07, 6.45) is 4.27. The Morgan fingerprint density at radius 1 is 1.06 bits per heavy atom. The van der Waals surface area contributed by atoms with Crippen molar-refractivity contribution in [2.75, 3.05) is 20.8 Å². The third-order valence-corrected chi connectivity index (χ3v) is 3.78. The number of methoxy groups -OCH3 is 2. The van der Waals surface area contributed by atoms with Gasteiger partial charge in [0, 0.05) is 11.1 Å². The topological polar surface area (TPSA) is 44.5 Å². The van der Waals surface area contributed by atoms with Crippen molar-refractivity contribution in [1.82, 2.24) is 0 Å². The zero-order valence-corrected chi connectivity index (χ0v) is 11.2. The van der Waals surface area contributed by atoms with E-state index in [2.05, 4.69) is 6.92 Å². The molecule has 0 saturated carbocycles. The fourth-order valence-electron chi connectivity index (χ4n) is 1.79. The Morgan fingerprint density at radius 3 is 2.06 bits per heavy atom. The first-order valence-electron chi connectivity index (χ1n) is 5.71. The summed E-state index contributed by atoms with van der Waals surface area (Å²) in [4.78, 5) is 0. The molecule has 0 radical (unpaired) electrons. The largest absolute Gasteiger partial charge is 0.487 e. The van der Waals surface area contributed by atoms with E-state index in [4.69, 9.17) is 15.2 Å². The Morgan fingerprint density at radius 2 is 1.62 bits per heavy atom. The second-order valence-electron chi connectivity index (χ2n) is 3.68. The van der Waals surface area contributed by atoms with Crippen LogP contribution in [0.1, 0.15) is 30.9 Å². The minimum atomic E-state index is 0.648. The maximum Gasteiger partial charge on any atom is 0.180 e. The summed E-state index contributed by atoms with van der Waals surface area (Å²) in [6.45, 7) is 2.84. The van der Waals surface area contributed by atoms with Crippen molar-refractivity contribution in [3.63, 3.8) is 0 Å². The molecule has 16 heavy (non-hydrogen) atoms. The van der Waals surface area contributed by atoms with Gasteiger partial charge in [0.25, 0.3) is 0 Å². The molecule has 0 saturated heterocycles. The molecule has 0 aliphatic heterocycles. The van der Waals surface area contributed by atoms with Gasteiger partial charge in [-0.3, -0.25) is 0 Å². The Labute approximate surface area is 102 Å². The molecule has 4 heteroatoms. The summed E-state index contributed by atoms with van der Waals surface area (Å²) >= 11 is 1.58. The SMILES string of the molecule is CCCCc1c(OC)sc(OC)c1CCN. The van der Waals surface area contributed by atoms with Crippen LogP contribution in [-0.4, -0.2) is 20.8 Å². The van der Waals surface area contributed by atoms with E-state index in [1.54, 1.807) is 25.6 Å². The quantitative estimate of drug-likeness (QED) is 0.800. The summed E-state index contributed by atoms with van der Waals surface area (Å²) in [7, 11) is 3.42. The molecule has 1 rings (SSSR count). The average molecular weight is 243 g/mol. The molecule has 0 unspecified atom stereocenters.